The maximum atomic E-state index is 5.55. The van der Waals surface area contributed by atoms with Crippen molar-refractivity contribution in [3.63, 3.8) is 0 Å². The fourth-order valence-corrected chi connectivity index (χ4v) is 3.23. The van der Waals surface area contributed by atoms with E-state index >= 15 is 0 Å². The van der Waals surface area contributed by atoms with Gasteiger partial charge in [-0.15, -0.1) is 0 Å². The molecule has 0 aromatic carbocycles. The van der Waals surface area contributed by atoms with Crippen LogP contribution in [0.3, 0.4) is 0 Å². The molecule has 0 amide bonds. The van der Waals surface area contributed by atoms with Crippen molar-refractivity contribution in [1.82, 2.24) is 9.97 Å². The van der Waals surface area contributed by atoms with Gasteiger partial charge in [-0.3, -0.25) is 0 Å². The van der Waals surface area contributed by atoms with Gasteiger partial charge in [-0.05, 0) is 31.6 Å². The Balaban J connectivity index is 1.84. The lowest BCUT2D eigenvalue weighted by Gasteiger charge is -2.27. The molecule has 0 aliphatic heterocycles. The second-order valence-electron chi connectivity index (χ2n) is 6.09. The standard InChI is InChI=1S/C15H24N4/c1-2-10-4-3-5-12(8-10)15-17-13(11-6-7-11)9-14(18-15)19-16/h9-12H,2-8,16H2,1H3,(H,17,18,19). The minimum atomic E-state index is 0.532. The Morgan fingerprint density at radius 1 is 1.21 bits per heavy atom. The molecule has 0 bridgehead atoms. The van der Waals surface area contributed by atoms with Gasteiger partial charge in [0.1, 0.15) is 11.6 Å². The van der Waals surface area contributed by atoms with Crippen LogP contribution in [0.25, 0.3) is 0 Å². The number of hydrogen-bond acceptors (Lipinski definition) is 4. The Hall–Kier alpha value is -1.16. The summed E-state index contributed by atoms with van der Waals surface area (Å²) in [6.07, 6.45) is 8.97. The Morgan fingerprint density at radius 2 is 2.05 bits per heavy atom. The van der Waals surface area contributed by atoms with Gasteiger partial charge in [-0.25, -0.2) is 15.8 Å². The first kappa shape index (κ1) is 12.9. The fraction of sp³-hybridized carbons (Fsp3) is 0.733. The third kappa shape index (κ3) is 2.89. The minimum absolute atomic E-state index is 0.532. The van der Waals surface area contributed by atoms with E-state index in [0.29, 0.717) is 11.8 Å². The first-order chi connectivity index (χ1) is 9.30. The molecule has 2 unspecified atom stereocenters. The van der Waals surface area contributed by atoms with Crippen molar-refractivity contribution in [1.29, 1.82) is 0 Å². The molecule has 3 rings (SSSR count). The van der Waals surface area contributed by atoms with Gasteiger partial charge < -0.3 is 5.43 Å². The van der Waals surface area contributed by atoms with E-state index in [4.69, 9.17) is 10.8 Å². The highest BCUT2D eigenvalue weighted by molar-refractivity contribution is 5.37. The van der Waals surface area contributed by atoms with E-state index < -0.39 is 0 Å². The SMILES string of the molecule is CCC1CCCC(c2nc(NN)cc(C3CC3)n2)C1. The lowest BCUT2D eigenvalue weighted by molar-refractivity contribution is 0.307. The summed E-state index contributed by atoms with van der Waals surface area (Å²) in [7, 11) is 0. The molecule has 2 atom stereocenters. The number of anilines is 1. The highest BCUT2D eigenvalue weighted by atomic mass is 15.3. The van der Waals surface area contributed by atoms with Crippen LogP contribution in [0.15, 0.2) is 6.07 Å². The molecule has 1 aromatic heterocycles. The summed E-state index contributed by atoms with van der Waals surface area (Å²) >= 11 is 0. The summed E-state index contributed by atoms with van der Waals surface area (Å²) in [5.41, 5.74) is 3.89. The zero-order chi connectivity index (χ0) is 13.2. The van der Waals surface area contributed by atoms with E-state index in [1.54, 1.807) is 0 Å². The number of nitrogens with zero attached hydrogens (tertiary/aromatic N) is 2. The number of hydrazine groups is 1. The van der Waals surface area contributed by atoms with Gasteiger partial charge in [0.2, 0.25) is 0 Å². The van der Waals surface area contributed by atoms with Crippen LogP contribution in [0.1, 0.15) is 75.2 Å². The van der Waals surface area contributed by atoms with Crippen LogP contribution < -0.4 is 11.3 Å². The summed E-state index contributed by atoms with van der Waals surface area (Å²) < 4.78 is 0. The second kappa shape index (κ2) is 5.45. The fourth-order valence-electron chi connectivity index (χ4n) is 3.23. The van der Waals surface area contributed by atoms with Crippen molar-refractivity contribution in [2.45, 2.75) is 63.7 Å². The average Bonchev–Trinajstić information content (AvgIpc) is 3.31. The zero-order valence-electron chi connectivity index (χ0n) is 11.7. The minimum Gasteiger partial charge on any atom is -0.308 e. The Labute approximate surface area is 115 Å². The van der Waals surface area contributed by atoms with Crippen LogP contribution in [0.2, 0.25) is 0 Å². The summed E-state index contributed by atoms with van der Waals surface area (Å²) in [4.78, 5) is 9.44. The molecule has 2 fully saturated rings. The average molecular weight is 260 g/mol. The van der Waals surface area contributed by atoms with Crippen LogP contribution in [0.5, 0.6) is 0 Å². The smallest absolute Gasteiger partial charge is 0.143 e. The molecule has 19 heavy (non-hydrogen) atoms. The summed E-state index contributed by atoms with van der Waals surface area (Å²) in [5.74, 6) is 9.39. The summed E-state index contributed by atoms with van der Waals surface area (Å²) in [6, 6.07) is 2.02. The predicted molar refractivity (Wildman–Crippen MR) is 76.8 cm³/mol. The number of nitrogens with two attached hydrogens (primary N) is 1. The molecule has 2 aliphatic carbocycles. The molecule has 0 saturated heterocycles. The largest absolute Gasteiger partial charge is 0.308 e. The molecule has 1 aromatic rings. The number of nitrogens with one attached hydrogen (secondary N) is 1. The van der Waals surface area contributed by atoms with Crippen LogP contribution in [-0.2, 0) is 0 Å². The van der Waals surface area contributed by atoms with Crippen LogP contribution >= 0.6 is 0 Å². The molecule has 2 saturated carbocycles. The van der Waals surface area contributed by atoms with Gasteiger partial charge in [-0.2, -0.15) is 0 Å². The van der Waals surface area contributed by atoms with E-state index in [-0.39, 0.29) is 0 Å². The number of rotatable bonds is 4. The molecule has 3 N–H and O–H groups in total. The normalized spacial score (nSPS) is 27.3. The molecule has 0 spiro atoms. The zero-order valence-corrected chi connectivity index (χ0v) is 11.7. The van der Waals surface area contributed by atoms with E-state index in [2.05, 4.69) is 17.3 Å². The van der Waals surface area contributed by atoms with Crippen molar-refractivity contribution >= 4 is 5.82 Å². The summed E-state index contributed by atoms with van der Waals surface area (Å²) in [6.45, 7) is 2.29. The van der Waals surface area contributed by atoms with E-state index in [1.165, 1.54) is 50.6 Å². The predicted octanol–water partition coefficient (Wildman–Crippen LogP) is 3.32. The molecule has 2 aliphatic rings. The summed E-state index contributed by atoms with van der Waals surface area (Å²) in [5, 5.41) is 0. The van der Waals surface area contributed by atoms with Gasteiger partial charge in [0.05, 0.1) is 0 Å². The lowest BCUT2D eigenvalue weighted by Crippen LogP contribution is -2.18. The van der Waals surface area contributed by atoms with Gasteiger partial charge in [0, 0.05) is 23.6 Å². The Morgan fingerprint density at radius 3 is 2.74 bits per heavy atom. The van der Waals surface area contributed by atoms with Gasteiger partial charge >= 0.3 is 0 Å². The molecule has 4 heteroatoms. The third-order valence-electron chi connectivity index (χ3n) is 4.63. The first-order valence-electron chi connectivity index (χ1n) is 7.65. The van der Waals surface area contributed by atoms with Crippen molar-refractivity contribution in [3.8, 4) is 0 Å². The van der Waals surface area contributed by atoms with E-state index in [1.807, 2.05) is 6.07 Å². The quantitative estimate of drug-likeness (QED) is 0.644. The van der Waals surface area contributed by atoms with Gasteiger partial charge in [0.25, 0.3) is 0 Å². The maximum Gasteiger partial charge on any atom is 0.143 e. The number of aromatic nitrogens is 2. The molecule has 104 valence electrons. The van der Waals surface area contributed by atoms with Crippen LogP contribution in [0, 0.1) is 5.92 Å². The van der Waals surface area contributed by atoms with Crippen molar-refractivity contribution in [2.75, 3.05) is 5.43 Å². The Bertz CT molecular complexity index is 442. The maximum absolute atomic E-state index is 5.55. The molecule has 0 radical (unpaired) electrons. The molecular weight excluding hydrogens is 236 g/mol. The van der Waals surface area contributed by atoms with E-state index in [0.717, 1.165) is 17.6 Å². The second-order valence-corrected chi connectivity index (χ2v) is 6.09. The topological polar surface area (TPSA) is 63.8 Å². The highest BCUT2D eigenvalue weighted by Crippen LogP contribution is 2.41. The third-order valence-corrected chi connectivity index (χ3v) is 4.63. The van der Waals surface area contributed by atoms with Crippen molar-refractivity contribution in [2.24, 2.45) is 11.8 Å². The number of hydrogen-bond donors (Lipinski definition) is 2. The van der Waals surface area contributed by atoms with Gasteiger partial charge in [-0.1, -0.05) is 26.2 Å². The molecule has 1 heterocycles. The van der Waals surface area contributed by atoms with E-state index in [9.17, 15) is 0 Å². The number of nitrogen functional groups attached to an aromatic ring is 1. The van der Waals surface area contributed by atoms with Crippen LogP contribution in [0.4, 0.5) is 5.82 Å². The Kier molecular flexibility index (Phi) is 3.69. The monoisotopic (exact) mass is 260 g/mol. The van der Waals surface area contributed by atoms with Crippen LogP contribution in [-0.4, -0.2) is 9.97 Å². The highest BCUT2D eigenvalue weighted by Gasteiger charge is 2.29. The molecular formula is C15H24N4. The van der Waals surface area contributed by atoms with Crippen molar-refractivity contribution in [3.05, 3.63) is 17.6 Å². The lowest BCUT2D eigenvalue weighted by atomic mass is 9.80. The molecule has 4 nitrogen and oxygen atoms in total. The van der Waals surface area contributed by atoms with Gasteiger partial charge in [0.15, 0.2) is 0 Å². The first-order valence-corrected chi connectivity index (χ1v) is 7.65. The van der Waals surface area contributed by atoms with Crippen molar-refractivity contribution < 1.29 is 0 Å².